The number of nitrogens with zero attached hydrogens (tertiary/aromatic N) is 1. The molecule has 2 aromatic carbocycles. The monoisotopic (exact) mass is 631 g/mol. The van der Waals surface area contributed by atoms with Crippen molar-refractivity contribution in [2.24, 2.45) is 0 Å². The van der Waals surface area contributed by atoms with Crippen LogP contribution >= 0.6 is 31.9 Å². The Balaban J connectivity index is 1.10. The average molecular weight is 633 g/mol. The molecular weight excluding hydrogens is 602 g/mol. The molecule has 2 N–H and O–H groups in total. The van der Waals surface area contributed by atoms with E-state index in [0.29, 0.717) is 21.2 Å². The first-order valence-corrected chi connectivity index (χ1v) is 14.4. The molecule has 0 atom stereocenters. The van der Waals surface area contributed by atoms with Crippen LogP contribution in [0.25, 0.3) is 11.0 Å². The summed E-state index contributed by atoms with van der Waals surface area (Å²) in [7, 11) is 0. The van der Waals surface area contributed by atoms with Crippen molar-refractivity contribution in [1.82, 2.24) is 15.5 Å². The Morgan fingerprint density at radius 1 is 1.05 bits per heavy atom. The highest BCUT2D eigenvalue weighted by Crippen LogP contribution is 2.29. The summed E-state index contributed by atoms with van der Waals surface area (Å²) in [5.41, 5.74) is 1.57. The van der Waals surface area contributed by atoms with Crippen molar-refractivity contribution in [3.63, 3.8) is 0 Å². The smallest absolute Gasteiger partial charge is 0.227 e. The van der Waals surface area contributed by atoms with Crippen molar-refractivity contribution in [3.05, 3.63) is 73.0 Å². The normalized spacial score (nSPS) is 17.7. The molecule has 37 heavy (non-hydrogen) atoms. The Hall–Kier alpha value is -2.20. The maximum atomic E-state index is 12.7. The Kier molecular flexibility index (Phi) is 8.64. The molecule has 2 aliphatic heterocycles. The minimum absolute atomic E-state index is 0.0482. The molecule has 3 heterocycles. The standard InChI is InChI=1S/C28H31Br2N3O4/c29-23-3-1-2-22-25(34)15-21(37-28(22)23)16-27(35)32-19-8-12-33(13-9-19)17-18-4-5-26(24(30)14-18)36-20-6-10-31-11-7-20/h1-5,14-15,19-20,31H,6-13,16-17H2,(H,32,35). The van der Waals surface area contributed by atoms with Gasteiger partial charge in [0.25, 0.3) is 0 Å². The lowest BCUT2D eigenvalue weighted by molar-refractivity contribution is -0.121. The highest BCUT2D eigenvalue weighted by molar-refractivity contribution is 9.11. The molecular formula is C28H31Br2N3O4. The quantitative estimate of drug-likeness (QED) is 0.390. The van der Waals surface area contributed by atoms with E-state index in [4.69, 9.17) is 9.15 Å². The number of piperidine rings is 2. The van der Waals surface area contributed by atoms with E-state index >= 15 is 0 Å². The van der Waals surface area contributed by atoms with Crippen LogP contribution in [0.5, 0.6) is 5.75 Å². The van der Waals surface area contributed by atoms with E-state index in [9.17, 15) is 9.59 Å². The largest absolute Gasteiger partial charge is 0.489 e. The van der Waals surface area contributed by atoms with Gasteiger partial charge in [-0.25, -0.2) is 0 Å². The number of rotatable bonds is 7. The van der Waals surface area contributed by atoms with Crippen LogP contribution in [0.1, 0.15) is 37.0 Å². The third-order valence-corrected chi connectivity index (χ3v) is 8.27. The zero-order valence-electron chi connectivity index (χ0n) is 20.6. The lowest BCUT2D eigenvalue weighted by Gasteiger charge is -2.32. The fourth-order valence-electron chi connectivity index (χ4n) is 5.04. The molecule has 9 heteroatoms. The van der Waals surface area contributed by atoms with Crippen LogP contribution in [0.3, 0.4) is 0 Å². The Morgan fingerprint density at radius 2 is 1.84 bits per heavy atom. The van der Waals surface area contributed by atoms with E-state index in [2.05, 4.69) is 65.6 Å². The first-order chi connectivity index (χ1) is 17.9. The van der Waals surface area contributed by atoms with Crippen molar-refractivity contribution in [1.29, 1.82) is 0 Å². The van der Waals surface area contributed by atoms with Crippen molar-refractivity contribution < 1.29 is 13.9 Å². The molecule has 0 bridgehead atoms. The molecule has 0 saturated carbocycles. The first-order valence-electron chi connectivity index (χ1n) is 12.8. The minimum atomic E-state index is -0.142. The van der Waals surface area contributed by atoms with Gasteiger partial charge in [-0.05, 0) is 100 Å². The fourth-order valence-corrected chi connectivity index (χ4v) is 6.01. The van der Waals surface area contributed by atoms with Gasteiger partial charge in [-0.15, -0.1) is 0 Å². The van der Waals surface area contributed by atoms with Crippen molar-refractivity contribution >= 4 is 48.7 Å². The molecule has 0 unspecified atom stereocenters. The van der Waals surface area contributed by atoms with Gasteiger partial charge in [-0.2, -0.15) is 0 Å². The Morgan fingerprint density at radius 3 is 2.59 bits per heavy atom. The lowest BCUT2D eigenvalue weighted by Crippen LogP contribution is -2.44. The van der Waals surface area contributed by atoms with E-state index in [-0.39, 0.29) is 29.9 Å². The summed E-state index contributed by atoms with van der Waals surface area (Å²) in [6, 6.07) is 13.2. The van der Waals surface area contributed by atoms with E-state index in [1.54, 1.807) is 12.1 Å². The number of hydrogen-bond acceptors (Lipinski definition) is 6. The zero-order valence-corrected chi connectivity index (χ0v) is 23.8. The first kappa shape index (κ1) is 26.4. The summed E-state index contributed by atoms with van der Waals surface area (Å²) in [5, 5.41) is 6.99. The topological polar surface area (TPSA) is 83.8 Å². The molecule has 0 spiro atoms. The number of nitrogens with one attached hydrogen (secondary N) is 2. The molecule has 2 aliphatic rings. The second-order valence-electron chi connectivity index (χ2n) is 9.82. The van der Waals surface area contributed by atoms with E-state index in [1.165, 1.54) is 11.6 Å². The summed E-state index contributed by atoms with van der Waals surface area (Å²) in [5.74, 6) is 1.16. The molecule has 2 fully saturated rings. The number of fused-ring (bicyclic) bond motifs is 1. The summed E-state index contributed by atoms with van der Waals surface area (Å²) in [6.07, 6.45) is 4.17. The second kappa shape index (κ2) is 12.1. The predicted molar refractivity (Wildman–Crippen MR) is 151 cm³/mol. The summed E-state index contributed by atoms with van der Waals surface area (Å²) in [6.45, 7) is 4.70. The number of hydrogen-bond donors (Lipinski definition) is 2. The van der Waals surface area contributed by atoms with E-state index in [1.807, 2.05) is 6.07 Å². The molecule has 0 radical (unpaired) electrons. The fraction of sp³-hybridized carbons (Fsp3) is 0.429. The van der Waals surface area contributed by atoms with Gasteiger partial charge in [0.1, 0.15) is 17.6 Å². The summed E-state index contributed by atoms with van der Waals surface area (Å²) < 4.78 is 13.7. The molecule has 7 nitrogen and oxygen atoms in total. The number of amides is 1. The van der Waals surface area contributed by atoms with E-state index in [0.717, 1.165) is 68.6 Å². The Labute approximate surface area is 233 Å². The molecule has 1 amide bonds. The van der Waals surface area contributed by atoms with E-state index < -0.39 is 0 Å². The van der Waals surface area contributed by atoms with Gasteiger partial charge < -0.3 is 19.8 Å². The van der Waals surface area contributed by atoms with Crippen LogP contribution in [0.2, 0.25) is 0 Å². The van der Waals surface area contributed by atoms with Gasteiger partial charge in [0.15, 0.2) is 11.0 Å². The van der Waals surface area contributed by atoms with Gasteiger partial charge in [-0.3, -0.25) is 14.5 Å². The van der Waals surface area contributed by atoms with Gasteiger partial charge in [0.05, 0.1) is 20.8 Å². The highest BCUT2D eigenvalue weighted by atomic mass is 79.9. The zero-order chi connectivity index (χ0) is 25.8. The van der Waals surface area contributed by atoms with Gasteiger partial charge in [0, 0.05) is 31.7 Å². The van der Waals surface area contributed by atoms with Crippen LogP contribution in [-0.4, -0.2) is 49.1 Å². The molecule has 0 aliphatic carbocycles. The summed E-state index contributed by atoms with van der Waals surface area (Å²) in [4.78, 5) is 27.5. The average Bonchev–Trinajstić information content (AvgIpc) is 2.88. The maximum absolute atomic E-state index is 12.7. The second-order valence-corrected chi connectivity index (χ2v) is 11.5. The third kappa shape index (κ3) is 6.82. The number of halogens is 2. The lowest BCUT2D eigenvalue weighted by atomic mass is 10.0. The van der Waals surface area contributed by atoms with Gasteiger partial charge >= 0.3 is 0 Å². The molecule has 1 aromatic heterocycles. The minimum Gasteiger partial charge on any atom is -0.489 e. The van der Waals surface area contributed by atoms with Gasteiger partial charge in [-0.1, -0.05) is 12.1 Å². The van der Waals surface area contributed by atoms with Crippen molar-refractivity contribution in [2.45, 2.75) is 50.8 Å². The molecule has 5 rings (SSSR count). The maximum Gasteiger partial charge on any atom is 0.227 e. The van der Waals surface area contributed by atoms with Crippen LogP contribution in [-0.2, 0) is 17.8 Å². The number of benzene rings is 2. The van der Waals surface area contributed by atoms with Crippen LogP contribution in [0.15, 0.2) is 60.6 Å². The highest BCUT2D eigenvalue weighted by Gasteiger charge is 2.22. The number of carbonyl (C=O) groups is 1. The molecule has 196 valence electrons. The predicted octanol–water partition coefficient (Wildman–Crippen LogP) is 4.77. The molecule has 2 saturated heterocycles. The number of ether oxygens (including phenoxy) is 1. The number of carbonyl (C=O) groups excluding carboxylic acids is 1. The van der Waals surface area contributed by atoms with Crippen molar-refractivity contribution in [3.8, 4) is 5.75 Å². The van der Waals surface area contributed by atoms with Gasteiger partial charge in [0.2, 0.25) is 5.91 Å². The number of para-hydroxylation sites is 1. The number of likely N-dealkylation sites (tertiary alicyclic amines) is 1. The van der Waals surface area contributed by atoms with Crippen LogP contribution in [0, 0.1) is 0 Å². The third-order valence-electron chi connectivity index (χ3n) is 7.03. The molecule has 3 aromatic rings. The SMILES string of the molecule is O=C(Cc1cc(=O)c2cccc(Br)c2o1)NC1CCN(Cc2ccc(OC3CCNCC3)c(Br)c2)CC1. The van der Waals surface area contributed by atoms with Crippen molar-refractivity contribution in [2.75, 3.05) is 26.2 Å². The van der Waals surface area contributed by atoms with Crippen LogP contribution in [0.4, 0.5) is 0 Å². The Bertz CT molecular complexity index is 1310. The van der Waals surface area contributed by atoms with Crippen LogP contribution < -0.4 is 20.8 Å². The summed E-state index contributed by atoms with van der Waals surface area (Å²) >= 11 is 7.11.